The topological polar surface area (TPSA) is 43.8 Å². The third-order valence-electron chi connectivity index (χ3n) is 3.46. The fraction of sp³-hybridized carbons (Fsp3) is 0.917. The second-order valence-electron chi connectivity index (χ2n) is 4.70. The Labute approximate surface area is 98.2 Å². The first-order valence-corrected chi connectivity index (χ1v) is 6.23. The maximum atomic E-state index is 12.2. The Kier molecular flexibility index (Phi) is 5.22. The zero-order valence-corrected chi connectivity index (χ0v) is 10.6. The number of amides is 1. The van der Waals surface area contributed by atoms with Crippen molar-refractivity contribution < 1.29 is 9.90 Å². The summed E-state index contributed by atoms with van der Waals surface area (Å²) in [4.78, 5) is 16.1. The Morgan fingerprint density at radius 1 is 1.50 bits per heavy atom. The first kappa shape index (κ1) is 13.5. The van der Waals surface area contributed by atoms with E-state index >= 15 is 0 Å². The van der Waals surface area contributed by atoms with Gasteiger partial charge in [0.1, 0.15) is 6.04 Å². The van der Waals surface area contributed by atoms with Crippen LogP contribution in [-0.4, -0.2) is 59.6 Å². The van der Waals surface area contributed by atoms with Crippen LogP contribution in [0.25, 0.3) is 0 Å². The van der Waals surface area contributed by atoms with Crippen molar-refractivity contribution in [3.63, 3.8) is 0 Å². The number of carbonyl (C=O) groups is 1. The average Bonchev–Trinajstić information content (AvgIpc) is 2.36. The van der Waals surface area contributed by atoms with Gasteiger partial charge in [0.05, 0.1) is 6.61 Å². The maximum Gasteiger partial charge on any atom is 0.242 e. The number of unbranched alkanes of at least 4 members (excludes halogenated alkanes) is 1. The van der Waals surface area contributed by atoms with Gasteiger partial charge in [-0.05, 0) is 26.8 Å². The van der Waals surface area contributed by atoms with E-state index in [2.05, 4.69) is 13.8 Å². The van der Waals surface area contributed by atoms with E-state index in [-0.39, 0.29) is 24.6 Å². The van der Waals surface area contributed by atoms with Crippen molar-refractivity contribution in [1.82, 2.24) is 9.80 Å². The van der Waals surface area contributed by atoms with E-state index in [9.17, 15) is 9.90 Å². The molecule has 2 unspecified atom stereocenters. The van der Waals surface area contributed by atoms with E-state index in [4.69, 9.17) is 0 Å². The number of aliphatic hydroxyl groups is 1. The van der Waals surface area contributed by atoms with Crippen LogP contribution in [0.4, 0.5) is 0 Å². The van der Waals surface area contributed by atoms with Gasteiger partial charge in [-0.1, -0.05) is 13.3 Å². The third-order valence-corrected chi connectivity index (χ3v) is 3.46. The van der Waals surface area contributed by atoms with Gasteiger partial charge in [-0.15, -0.1) is 0 Å². The molecule has 1 N–H and O–H groups in total. The zero-order valence-electron chi connectivity index (χ0n) is 10.6. The van der Waals surface area contributed by atoms with Gasteiger partial charge < -0.3 is 10.0 Å². The number of likely N-dealkylation sites (N-methyl/N-ethyl adjacent to an activating group) is 1. The second-order valence-corrected chi connectivity index (χ2v) is 4.70. The van der Waals surface area contributed by atoms with E-state index < -0.39 is 0 Å². The molecular formula is C12H24N2O2. The lowest BCUT2D eigenvalue weighted by molar-refractivity contribution is -0.138. The Morgan fingerprint density at radius 2 is 2.19 bits per heavy atom. The second kappa shape index (κ2) is 6.21. The number of rotatable bonds is 4. The molecule has 0 spiro atoms. The highest BCUT2D eigenvalue weighted by atomic mass is 16.3. The zero-order chi connectivity index (χ0) is 12.1. The van der Waals surface area contributed by atoms with Crippen LogP contribution in [0.1, 0.15) is 33.1 Å². The summed E-state index contributed by atoms with van der Waals surface area (Å²) < 4.78 is 0. The average molecular weight is 228 g/mol. The summed E-state index contributed by atoms with van der Waals surface area (Å²) in [6.45, 7) is 5.84. The maximum absolute atomic E-state index is 12.2. The van der Waals surface area contributed by atoms with Crippen molar-refractivity contribution in [2.45, 2.75) is 45.2 Å². The lowest BCUT2D eigenvalue weighted by Crippen LogP contribution is -2.48. The van der Waals surface area contributed by atoms with Crippen LogP contribution in [0.5, 0.6) is 0 Å². The molecule has 1 amide bonds. The largest absolute Gasteiger partial charge is 0.394 e. The molecule has 0 bridgehead atoms. The highest BCUT2D eigenvalue weighted by Gasteiger charge is 2.32. The first-order chi connectivity index (χ1) is 7.61. The molecule has 0 aromatic carbocycles. The summed E-state index contributed by atoms with van der Waals surface area (Å²) in [5.41, 5.74) is 0. The predicted molar refractivity (Wildman–Crippen MR) is 64.2 cm³/mol. The molecule has 4 nitrogen and oxygen atoms in total. The van der Waals surface area contributed by atoms with Gasteiger partial charge in [-0.3, -0.25) is 9.69 Å². The molecule has 0 saturated carbocycles. The van der Waals surface area contributed by atoms with Gasteiger partial charge in [0, 0.05) is 19.1 Å². The van der Waals surface area contributed by atoms with Gasteiger partial charge in [-0.2, -0.15) is 0 Å². The molecule has 94 valence electrons. The van der Waals surface area contributed by atoms with Crippen LogP contribution < -0.4 is 0 Å². The van der Waals surface area contributed by atoms with Gasteiger partial charge in [0.15, 0.2) is 0 Å². The lowest BCUT2D eigenvalue weighted by atomic mass is 10.2. The minimum absolute atomic E-state index is 0.0787. The molecule has 4 heteroatoms. The molecule has 1 saturated heterocycles. The van der Waals surface area contributed by atoms with Crippen LogP contribution in [0.3, 0.4) is 0 Å². The molecule has 0 aromatic heterocycles. The molecule has 2 atom stereocenters. The Hall–Kier alpha value is -0.610. The summed E-state index contributed by atoms with van der Waals surface area (Å²) in [6, 6.07) is -0.0557. The van der Waals surface area contributed by atoms with Gasteiger partial charge in [0.2, 0.25) is 5.91 Å². The van der Waals surface area contributed by atoms with Crippen molar-refractivity contribution in [3.8, 4) is 0 Å². The fourth-order valence-corrected chi connectivity index (χ4v) is 2.18. The highest BCUT2D eigenvalue weighted by Crippen LogP contribution is 2.16. The SMILES string of the molecule is CCCCN1C(=O)C(CO)N(C)CCC1C. The summed E-state index contributed by atoms with van der Waals surface area (Å²) in [6.07, 6.45) is 3.12. The van der Waals surface area contributed by atoms with E-state index in [0.29, 0.717) is 0 Å². The molecule has 1 rings (SSSR count). The molecule has 16 heavy (non-hydrogen) atoms. The van der Waals surface area contributed by atoms with Crippen molar-refractivity contribution in [3.05, 3.63) is 0 Å². The van der Waals surface area contributed by atoms with E-state index in [1.54, 1.807) is 0 Å². The minimum Gasteiger partial charge on any atom is -0.394 e. The highest BCUT2D eigenvalue weighted by molar-refractivity contribution is 5.82. The van der Waals surface area contributed by atoms with Gasteiger partial charge in [0.25, 0.3) is 0 Å². The third kappa shape index (κ3) is 2.95. The smallest absolute Gasteiger partial charge is 0.242 e. The van der Waals surface area contributed by atoms with Gasteiger partial charge in [-0.25, -0.2) is 0 Å². The molecule has 0 aliphatic carbocycles. The van der Waals surface area contributed by atoms with Crippen molar-refractivity contribution in [2.24, 2.45) is 0 Å². The summed E-state index contributed by atoms with van der Waals surface area (Å²) in [7, 11) is 1.91. The summed E-state index contributed by atoms with van der Waals surface area (Å²) >= 11 is 0. The van der Waals surface area contributed by atoms with Crippen molar-refractivity contribution >= 4 is 5.91 Å². The number of carbonyl (C=O) groups excluding carboxylic acids is 1. The minimum atomic E-state index is -0.346. The molecule has 0 radical (unpaired) electrons. The Balaban J connectivity index is 2.74. The van der Waals surface area contributed by atoms with Crippen LogP contribution in [0.2, 0.25) is 0 Å². The number of hydrogen-bond acceptors (Lipinski definition) is 3. The summed E-state index contributed by atoms with van der Waals surface area (Å²) in [5.74, 6) is 0.0865. The number of hydrogen-bond donors (Lipinski definition) is 1. The van der Waals surface area contributed by atoms with E-state index in [1.165, 1.54) is 0 Å². The van der Waals surface area contributed by atoms with Crippen molar-refractivity contribution in [1.29, 1.82) is 0 Å². The van der Waals surface area contributed by atoms with E-state index in [0.717, 1.165) is 32.4 Å². The number of nitrogens with zero attached hydrogens (tertiary/aromatic N) is 2. The molecule has 1 aliphatic heterocycles. The first-order valence-electron chi connectivity index (χ1n) is 6.23. The standard InChI is InChI=1S/C12H24N2O2/c1-4-5-7-14-10(2)6-8-13(3)11(9-15)12(14)16/h10-11,15H,4-9H2,1-3H3. The fourth-order valence-electron chi connectivity index (χ4n) is 2.18. The Bertz CT molecular complexity index is 233. The predicted octanol–water partition coefficient (Wildman–Crippen LogP) is 0.700. The normalized spacial score (nSPS) is 28.2. The molecule has 1 aliphatic rings. The van der Waals surface area contributed by atoms with Crippen LogP contribution in [-0.2, 0) is 4.79 Å². The van der Waals surface area contributed by atoms with Crippen LogP contribution in [0.15, 0.2) is 0 Å². The van der Waals surface area contributed by atoms with Crippen LogP contribution in [0, 0.1) is 0 Å². The molecular weight excluding hydrogens is 204 g/mol. The monoisotopic (exact) mass is 228 g/mol. The van der Waals surface area contributed by atoms with Crippen molar-refractivity contribution in [2.75, 3.05) is 26.7 Å². The quantitative estimate of drug-likeness (QED) is 0.770. The van der Waals surface area contributed by atoms with E-state index in [1.807, 2.05) is 16.8 Å². The van der Waals surface area contributed by atoms with Gasteiger partial charge >= 0.3 is 0 Å². The lowest BCUT2D eigenvalue weighted by Gasteiger charge is -2.29. The number of aliphatic hydroxyl groups excluding tert-OH is 1. The summed E-state index contributed by atoms with van der Waals surface area (Å²) in [5, 5.41) is 9.30. The molecule has 0 aromatic rings. The Morgan fingerprint density at radius 3 is 2.75 bits per heavy atom. The molecule has 1 fully saturated rings. The molecule has 1 heterocycles. The van der Waals surface area contributed by atoms with Crippen LogP contribution >= 0.6 is 0 Å².